The molecule has 54 heavy (non-hydrogen) atoms. The lowest BCUT2D eigenvalue weighted by Gasteiger charge is -2.21. The molecule has 0 unspecified atom stereocenters. The molecule has 6 heteroatoms. The Hall–Kier alpha value is -6.01. The summed E-state index contributed by atoms with van der Waals surface area (Å²) in [7, 11) is 0. The van der Waals surface area contributed by atoms with E-state index in [0.29, 0.717) is 64.8 Å². The van der Waals surface area contributed by atoms with Crippen molar-refractivity contribution < 1.29 is 30.0 Å². The van der Waals surface area contributed by atoms with Gasteiger partial charge >= 0.3 is 5.97 Å². The number of aromatic hydroxyl groups is 3. The third kappa shape index (κ3) is 8.44. The zero-order valence-corrected chi connectivity index (χ0v) is 30.9. The maximum Gasteiger partial charge on any atom is 0.341 e. The number of carboxylic acids is 1. The number of phenols is 3. The van der Waals surface area contributed by atoms with Gasteiger partial charge in [-0.2, -0.15) is 0 Å². The number of carboxylic acid groups (broad SMARTS) is 1. The zero-order chi connectivity index (χ0) is 37.8. The number of carbonyl (C=O) groups is 1. The number of hydrogen-bond donors (Lipinski definition) is 4. The highest BCUT2D eigenvalue weighted by molar-refractivity contribution is 5.69. The van der Waals surface area contributed by atoms with Crippen LogP contribution < -0.4 is 4.74 Å². The van der Waals surface area contributed by atoms with Crippen LogP contribution in [0.1, 0.15) is 77.9 Å². The van der Waals surface area contributed by atoms with Crippen molar-refractivity contribution in [1.29, 1.82) is 0 Å². The first kappa shape index (κ1) is 36.4. The van der Waals surface area contributed by atoms with Crippen molar-refractivity contribution in [2.45, 2.75) is 65.2 Å². The van der Waals surface area contributed by atoms with E-state index >= 15 is 0 Å². The van der Waals surface area contributed by atoms with Crippen molar-refractivity contribution in [1.82, 2.24) is 0 Å². The minimum Gasteiger partial charge on any atom is -0.507 e. The molecule has 6 aromatic rings. The minimum absolute atomic E-state index is 0.141. The summed E-state index contributed by atoms with van der Waals surface area (Å²) in [5.74, 6) is -0.200. The van der Waals surface area contributed by atoms with Crippen molar-refractivity contribution in [2.75, 3.05) is 6.61 Å². The highest BCUT2D eigenvalue weighted by Gasteiger charge is 2.22. The number of ether oxygens (including phenoxy) is 1. The Bertz CT molecular complexity index is 2200. The standard InChI is InChI=1S/C48H46O6/c1-30-17-36-25-40-21-34(15-13-32-9-5-3-6-10-32)22-41(47(40)53)26-37-18-31(2)20-39(46(37)52)28-43-24-35(16-14-33-11-7-4-8-12-33)23-42(27-38(19-30)45(36)51)48(43)54-29-44(49)50/h3-12,17-24,51-53H,13-16,25-29H2,1-2H3,(H,49,50). The molecule has 0 radical (unpaired) electrons. The van der Waals surface area contributed by atoms with E-state index < -0.39 is 12.6 Å². The molecular formula is C48H46O6. The third-order valence-electron chi connectivity index (χ3n) is 10.4. The average molecular weight is 719 g/mol. The van der Waals surface area contributed by atoms with Gasteiger partial charge in [-0.15, -0.1) is 0 Å². The number of rotatable bonds is 9. The molecule has 8 bridgehead atoms. The van der Waals surface area contributed by atoms with Crippen molar-refractivity contribution in [3.05, 3.63) is 187 Å². The van der Waals surface area contributed by atoms with Gasteiger partial charge in [0.2, 0.25) is 0 Å². The fraction of sp³-hybridized carbons (Fsp3) is 0.229. The fourth-order valence-electron chi connectivity index (χ4n) is 7.89. The molecular weight excluding hydrogens is 673 g/mol. The Kier molecular flexibility index (Phi) is 10.7. The van der Waals surface area contributed by atoms with Crippen LogP contribution in [0.4, 0.5) is 0 Å². The summed E-state index contributed by atoms with van der Waals surface area (Å²) in [6, 6.07) is 36.6. The monoisotopic (exact) mass is 718 g/mol. The molecule has 0 atom stereocenters. The molecule has 0 aromatic heterocycles. The van der Waals surface area contributed by atoms with Crippen LogP contribution >= 0.6 is 0 Å². The molecule has 1 aliphatic rings. The van der Waals surface area contributed by atoms with Gasteiger partial charge in [0.05, 0.1) is 0 Å². The van der Waals surface area contributed by atoms with Crippen molar-refractivity contribution in [3.8, 4) is 23.0 Å². The molecule has 0 fully saturated rings. The number of benzene rings is 6. The summed E-state index contributed by atoms with van der Waals surface area (Å²) in [5.41, 5.74) is 12.2. The van der Waals surface area contributed by atoms with Crippen LogP contribution in [0.5, 0.6) is 23.0 Å². The molecule has 1 aliphatic carbocycles. The highest BCUT2D eigenvalue weighted by Crippen LogP contribution is 2.40. The topological polar surface area (TPSA) is 107 Å². The second-order valence-electron chi connectivity index (χ2n) is 14.7. The van der Waals surface area contributed by atoms with Gasteiger partial charge in [-0.3, -0.25) is 0 Å². The summed E-state index contributed by atoms with van der Waals surface area (Å²) < 4.78 is 6.10. The first-order chi connectivity index (χ1) is 26.1. The van der Waals surface area contributed by atoms with Crippen LogP contribution in [0.2, 0.25) is 0 Å². The molecule has 0 spiro atoms. The summed E-state index contributed by atoms with van der Waals surface area (Å²) in [5, 5.41) is 45.4. The van der Waals surface area contributed by atoms with Gasteiger partial charge in [0.15, 0.2) is 6.61 Å². The summed E-state index contributed by atoms with van der Waals surface area (Å²) in [6.45, 7) is 3.46. The van der Waals surface area contributed by atoms with Gasteiger partial charge in [-0.25, -0.2) is 4.79 Å². The number of phenolic OH excluding ortho intramolecular Hbond substituents is 3. The van der Waals surface area contributed by atoms with Gasteiger partial charge in [-0.05, 0) is 106 Å². The van der Waals surface area contributed by atoms with Crippen LogP contribution in [0.3, 0.4) is 0 Å². The van der Waals surface area contributed by atoms with Gasteiger partial charge < -0.3 is 25.2 Å². The lowest BCUT2D eigenvalue weighted by molar-refractivity contribution is -0.139. The Morgan fingerprint density at radius 2 is 0.796 bits per heavy atom. The smallest absolute Gasteiger partial charge is 0.341 e. The average Bonchev–Trinajstić information content (AvgIpc) is 3.15. The molecule has 6 nitrogen and oxygen atoms in total. The molecule has 7 rings (SSSR count). The molecule has 0 saturated carbocycles. The van der Waals surface area contributed by atoms with Crippen LogP contribution in [-0.4, -0.2) is 33.0 Å². The van der Waals surface area contributed by atoms with E-state index in [1.165, 1.54) is 11.1 Å². The highest BCUT2D eigenvalue weighted by atomic mass is 16.5. The largest absolute Gasteiger partial charge is 0.507 e. The predicted octanol–water partition coefficient (Wildman–Crippen LogP) is 9.13. The minimum atomic E-state index is -1.09. The molecule has 274 valence electrons. The van der Waals surface area contributed by atoms with Crippen LogP contribution in [0.15, 0.2) is 109 Å². The molecule has 0 saturated heterocycles. The lowest BCUT2D eigenvalue weighted by Crippen LogP contribution is -2.13. The predicted molar refractivity (Wildman–Crippen MR) is 212 cm³/mol. The maximum atomic E-state index is 11.9. The van der Waals surface area contributed by atoms with Crippen LogP contribution in [0, 0.1) is 13.8 Å². The number of aryl methyl sites for hydroxylation is 6. The first-order valence-electron chi connectivity index (χ1n) is 18.6. The van der Waals surface area contributed by atoms with E-state index in [0.717, 1.165) is 59.1 Å². The normalized spacial score (nSPS) is 12.3. The molecule has 6 aromatic carbocycles. The van der Waals surface area contributed by atoms with Gasteiger partial charge in [-0.1, -0.05) is 120 Å². The molecule has 0 amide bonds. The fourth-order valence-corrected chi connectivity index (χ4v) is 7.89. The van der Waals surface area contributed by atoms with E-state index in [4.69, 9.17) is 4.74 Å². The Balaban J connectivity index is 1.39. The van der Waals surface area contributed by atoms with Crippen molar-refractivity contribution in [3.63, 3.8) is 0 Å². The zero-order valence-electron chi connectivity index (χ0n) is 30.9. The van der Waals surface area contributed by atoms with Gasteiger partial charge in [0.25, 0.3) is 0 Å². The van der Waals surface area contributed by atoms with Crippen LogP contribution in [0.25, 0.3) is 0 Å². The van der Waals surface area contributed by atoms with E-state index in [2.05, 4.69) is 36.4 Å². The van der Waals surface area contributed by atoms with Crippen molar-refractivity contribution >= 4 is 5.97 Å². The van der Waals surface area contributed by atoms with Crippen molar-refractivity contribution in [2.24, 2.45) is 0 Å². The van der Waals surface area contributed by atoms with E-state index in [9.17, 15) is 25.2 Å². The van der Waals surface area contributed by atoms with E-state index in [1.54, 1.807) is 0 Å². The first-order valence-corrected chi connectivity index (χ1v) is 18.6. The Labute approximate surface area is 317 Å². The SMILES string of the molecule is Cc1cc2c(O)c(c1)Cc1cc(CCc3ccccc3)cc(c1OCC(=O)O)Cc1cc(C)cc(c1O)Cc1cc(CCc3ccccc3)cc(c1O)C2. The second-order valence-corrected chi connectivity index (χ2v) is 14.7. The molecule has 0 heterocycles. The summed E-state index contributed by atoms with van der Waals surface area (Å²) >= 11 is 0. The quantitative estimate of drug-likeness (QED) is 0.119. The van der Waals surface area contributed by atoms with E-state index in [1.807, 2.05) is 86.6 Å². The lowest BCUT2D eigenvalue weighted by atomic mass is 9.87. The Morgan fingerprint density at radius 1 is 0.481 bits per heavy atom. The summed E-state index contributed by atoms with van der Waals surface area (Å²) in [6.07, 6.45) is 4.33. The number of hydrogen-bond acceptors (Lipinski definition) is 5. The second kappa shape index (κ2) is 15.9. The Morgan fingerprint density at radius 3 is 1.17 bits per heavy atom. The number of aliphatic carboxylic acids is 1. The van der Waals surface area contributed by atoms with Gasteiger partial charge in [0, 0.05) is 25.7 Å². The third-order valence-corrected chi connectivity index (χ3v) is 10.4. The molecule has 4 N–H and O–H groups in total. The molecule has 0 aliphatic heterocycles. The van der Waals surface area contributed by atoms with Crippen LogP contribution in [-0.2, 0) is 56.2 Å². The van der Waals surface area contributed by atoms with E-state index in [-0.39, 0.29) is 17.2 Å². The van der Waals surface area contributed by atoms with Gasteiger partial charge in [0.1, 0.15) is 23.0 Å². The number of fused-ring (bicyclic) bond motifs is 8. The maximum absolute atomic E-state index is 11.9. The summed E-state index contributed by atoms with van der Waals surface area (Å²) in [4.78, 5) is 11.9.